The van der Waals surface area contributed by atoms with Crippen LogP contribution in [0.5, 0.6) is 0 Å². The first-order chi connectivity index (χ1) is 12.4. The molecule has 5 heteroatoms. The first kappa shape index (κ1) is 24.9. The Morgan fingerprint density at radius 1 is 0.808 bits per heavy atom. The molecule has 0 bridgehead atoms. The number of hydrogen-bond acceptors (Lipinski definition) is 4. The monoisotopic (exact) mass is 371 g/mol. The second kappa shape index (κ2) is 17.3. The molecular formula is C21H41NO4. The number of esters is 1. The number of hydrogen-bond donors (Lipinski definition) is 2. The summed E-state index contributed by atoms with van der Waals surface area (Å²) in [6.45, 7) is 4.35. The van der Waals surface area contributed by atoms with Gasteiger partial charge < -0.3 is 15.6 Å². The van der Waals surface area contributed by atoms with E-state index >= 15 is 0 Å². The third-order valence-corrected chi connectivity index (χ3v) is 4.65. The van der Waals surface area contributed by atoms with Crippen molar-refractivity contribution in [2.75, 3.05) is 6.61 Å². The first-order valence-electron chi connectivity index (χ1n) is 10.6. The molecule has 3 N–H and O–H groups in total. The minimum atomic E-state index is -1.15. The summed E-state index contributed by atoms with van der Waals surface area (Å²) in [5.74, 6) is -0.657. The topological polar surface area (TPSA) is 89.6 Å². The van der Waals surface area contributed by atoms with Gasteiger partial charge in [0.1, 0.15) is 12.6 Å². The number of unbranched alkanes of at least 4 members (excludes halogenated alkanes) is 11. The Kier molecular flexibility index (Phi) is 16.6. The number of aliphatic carboxylic acids is 1. The second-order valence-corrected chi connectivity index (χ2v) is 7.80. The van der Waals surface area contributed by atoms with E-state index in [1.807, 2.05) is 0 Å². The lowest BCUT2D eigenvalue weighted by Gasteiger charge is -2.07. The summed E-state index contributed by atoms with van der Waals surface area (Å²) in [7, 11) is 0. The maximum atomic E-state index is 11.4. The van der Waals surface area contributed by atoms with Gasteiger partial charge in [-0.2, -0.15) is 0 Å². The lowest BCUT2D eigenvalue weighted by Crippen LogP contribution is -2.35. The molecule has 26 heavy (non-hydrogen) atoms. The molecule has 0 aliphatic rings. The van der Waals surface area contributed by atoms with Crippen LogP contribution in [0.1, 0.15) is 104 Å². The second-order valence-electron chi connectivity index (χ2n) is 7.80. The van der Waals surface area contributed by atoms with E-state index < -0.39 is 12.0 Å². The van der Waals surface area contributed by atoms with E-state index in [1.165, 1.54) is 64.2 Å². The fourth-order valence-corrected chi connectivity index (χ4v) is 2.92. The van der Waals surface area contributed by atoms with Crippen LogP contribution in [0.2, 0.25) is 0 Å². The minimum absolute atomic E-state index is 0.244. The van der Waals surface area contributed by atoms with E-state index in [2.05, 4.69) is 13.8 Å². The van der Waals surface area contributed by atoms with Crippen molar-refractivity contribution in [2.24, 2.45) is 11.7 Å². The van der Waals surface area contributed by atoms with Crippen molar-refractivity contribution in [1.82, 2.24) is 0 Å². The van der Waals surface area contributed by atoms with Crippen LogP contribution in [-0.4, -0.2) is 29.7 Å². The molecule has 1 atom stereocenters. The zero-order valence-electron chi connectivity index (χ0n) is 17.0. The molecule has 0 aromatic carbocycles. The molecule has 0 fully saturated rings. The molecule has 0 amide bonds. The van der Waals surface area contributed by atoms with Crippen molar-refractivity contribution < 1.29 is 19.4 Å². The van der Waals surface area contributed by atoms with Crippen molar-refractivity contribution in [3.8, 4) is 0 Å². The van der Waals surface area contributed by atoms with Gasteiger partial charge in [-0.15, -0.1) is 0 Å². The van der Waals surface area contributed by atoms with E-state index in [1.54, 1.807) is 0 Å². The van der Waals surface area contributed by atoms with Crippen LogP contribution >= 0.6 is 0 Å². The third kappa shape index (κ3) is 17.7. The predicted octanol–water partition coefficient (Wildman–Crippen LogP) is 5.06. The Morgan fingerprint density at radius 3 is 1.65 bits per heavy atom. The van der Waals surface area contributed by atoms with Crippen molar-refractivity contribution in [1.29, 1.82) is 0 Å². The molecule has 0 aliphatic carbocycles. The number of carbonyl (C=O) groups is 2. The quantitative estimate of drug-likeness (QED) is 0.260. The van der Waals surface area contributed by atoms with E-state index in [0.29, 0.717) is 6.42 Å². The highest BCUT2D eigenvalue weighted by Crippen LogP contribution is 2.14. The highest BCUT2D eigenvalue weighted by atomic mass is 16.5. The van der Waals surface area contributed by atoms with Crippen LogP contribution in [-0.2, 0) is 14.3 Å². The van der Waals surface area contributed by atoms with Crippen LogP contribution < -0.4 is 5.73 Å². The summed E-state index contributed by atoms with van der Waals surface area (Å²) in [5, 5.41) is 8.60. The Labute approximate surface area is 160 Å². The van der Waals surface area contributed by atoms with Gasteiger partial charge in [-0.05, 0) is 12.3 Å². The molecule has 154 valence electrons. The smallest absolute Gasteiger partial charge is 0.324 e. The van der Waals surface area contributed by atoms with Crippen LogP contribution in [0.15, 0.2) is 0 Å². The van der Waals surface area contributed by atoms with Crippen LogP contribution in [0, 0.1) is 5.92 Å². The average molecular weight is 372 g/mol. The SMILES string of the molecule is CC(C)CCCCCCCCCCCCCCC(=O)OC[C@H](N)C(=O)O. The van der Waals surface area contributed by atoms with Crippen LogP contribution in [0.4, 0.5) is 0 Å². The molecule has 0 aliphatic heterocycles. The molecule has 0 heterocycles. The summed E-state index contributed by atoms with van der Waals surface area (Å²) in [6.07, 6.45) is 16.8. The molecule has 0 rings (SSSR count). The molecule has 0 aromatic heterocycles. The van der Waals surface area contributed by atoms with Gasteiger partial charge in [0, 0.05) is 6.42 Å². The number of carboxylic acids is 1. The number of carbonyl (C=O) groups excluding carboxylic acids is 1. The van der Waals surface area contributed by atoms with E-state index in [0.717, 1.165) is 25.2 Å². The Hall–Kier alpha value is -1.10. The zero-order valence-corrected chi connectivity index (χ0v) is 17.0. The number of nitrogens with two attached hydrogens (primary N) is 1. The van der Waals surface area contributed by atoms with Gasteiger partial charge in [-0.25, -0.2) is 0 Å². The maximum Gasteiger partial charge on any atom is 0.324 e. The zero-order chi connectivity index (χ0) is 19.6. The van der Waals surface area contributed by atoms with Gasteiger partial charge in [0.15, 0.2) is 0 Å². The van der Waals surface area contributed by atoms with Gasteiger partial charge in [0.2, 0.25) is 0 Å². The molecule has 0 aromatic rings. The largest absolute Gasteiger partial charge is 0.480 e. The Balaban J connectivity index is 3.22. The highest BCUT2D eigenvalue weighted by Gasteiger charge is 2.13. The summed E-state index contributed by atoms with van der Waals surface area (Å²) in [4.78, 5) is 21.9. The lowest BCUT2D eigenvalue weighted by molar-refractivity contribution is -0.147. The highest BCUT2D eigenvalue weighted by molar-refractivity contribution is 5.74. The van der Waals surface area contributed by atoms with E-state index in [4.69, 9.17) is 15.6 Å². The van der Waals surface area contributed by atoms with Gasteiger partial charge in [0.25, 0.3) is 0 Å². The van der Waals surface area contributed by atoms with Gasteiger partial charge >= 0.3 is 11.9 Å². The number of rotatable bonds is 18. The molecule has 0 saturated carbocycles. The number of ether oxygens (including phenoxy) is 1. The molecule has 0 saturated heterocycles. The van der Waals surface area contributed by atoms with Gasteiger partial charge in [-0.3, -0.25) is 9.59 Å². The third-order valence-electron chi connectivity index (χ3n) is 4.65. The predicted molar refractivity (Wildman–Crippen MR) is 106 cm³/mol. The Bertz CT molecular complexity index is 358. The van der Waals surface area contributed by atoms with E-state index in [-0.39, 0.29) is 12.6 Å². The van der Waals surface area contributed by atoms with Crippen molar-refractivity contribution in [2.45, 2.75) is 110 Å². The molecule has 0 spiro atoms. The average Bonchev–Trinajstić information content (AvgIpc) is 2.59. The van der Waals surface area contributed by atoms with Crippen molar-refractivity contribution in [3.05, 3.63) is 0 Å². The minimum Gasteiger partial charge on any atom is -0.480 e. The Morgan fingerprint density at radius 2 is 1.23 bits per heavy atom. The van der Waals surface area contributed by atoms with Crippen LogP contribution in [0.3, 0.4) is 0 Å². The summed E-state index contributed by atoms with van der Waals surface area (Å²) >= 11 is 0. The van der Waals surface area contributed by atoms with Crippen molar-refractivity contribution >= 4 is 11.9 Å². The molecule has 5 nitrogen and oxygen atoms in total. The van der Waals surface area contributed by atoms with Gasteiger partial charge in [-0.1, -0.05) is 90.9 Å². The molecular weight excluding hydrogens is 330 g/mol. The fraction of sp³-hybridized carbons (Fsp3) is 0.905. The number of carboxylic acid groups (broad SMARTS) is 1. The molecule has 0 unspecified atom stereocenters. The molecule has 0 radical (unpaired) electrons. The lowest BCUT2D eigenvalue weighted by atomic mass is 10.0. The summed E-state index contributed by atoms with van der Waals surface area (Å²) < 4.78 is 4.84. The van der Waals surface area contributed by atoms with Crippen molar-refractivity contribution in [3.63, 3.8) is 0 Å². The van der Waals surface area contributed by atoms with Gasteiger partial charge in [0.05, 0.1) is 0 Å². The van der Waals surface area contributed by atoms with Crippen LogP contribution in [0.25, 0.3) is 0 Å². The van der Waals surface area contributed by atoms with E-state index in [9.17, 15) is 9.59 Å². The first-order valence-corrected chi connectivity index (χ1v) is 10.6. The summed E-state index contributed by atoms with van der Waals surface area (Å²) in [6, 6.07) is -1.13. The standard InChI is InChI=1S/C21H41NO4/c1-18(2)15-13-11-9-7-5-3-4-6-8-10-12-14-16-20(23)26-17-19(22)21(24)25/h18-19H,3-17,22H2,1-2H3,(H,24,25)/t19-/m0/s1. The fourth-order valence-electron chi connectivity index (χ4n) is 2.92. The summed E-state index contributed by atoms with van der Waals surface area (Å²) in [5.41, 5.74) is 5.27. The normalized spacial score (nSPS) is 12.3. The maximum absolute atomic E-state index is 11.4.